The van der Waals surface area contributed by atoms with Crippen LogP contribution in [0.1, 0.15) is 11.3 Å². The number of halogens is 1. The predicted octanol–water partition coefficient (Wildman–Crippen LogP) is 3.14. The van der Waals surface area contributed by atoms with Gasteiger partial charge in [-0.05, 0) is 43.1 Å². The highest BCUT2D eigenvalue weighted by atomic mass is 35.5. The smallest absolute Gasteiger partial charge is 0.331 e. The van der Waals surface area contributed by atoms with E-state index in [0.717, 1.165) is 4.90 Å². The zero-order chi connectivity index (χ0) is 23.1. The summed E-state index contributed by atoms with van der Waals surface area (Å²) in [6.07, 6.45) is 3.31. The molecule has 4 aromatic rings. The summed E-state index contributed by atoms with van der Waals surface area (Å²) in [5.74, 6) is -1.64. The van der Waals surface area contributed by atoms with Crippen LogP contribution >= 0.6 is 11.6 Å². The third-order valence-corrected chi connectivity index (χ3v) is 5.60. The van der Waals surface area contributed by atoms with Crippen molar-refractivity contribution in [1.82, 2.24) is 9.78 Å². The van der Waals surface area contributed by atoms with Gasteiger partial charge >= 0.3 is 5.91 Å². The Morgan fingerprint density at radius 3 is 2.24 bits per heavy atom. The first-order valence-corrected chi connectivity index (χ1v) is 10.5. The van der Waals surface area contributed by atoms with Gasteiger partial charge in [-0.15, -0.1) is 0 Å². The van der Waals surface area contributed by atoms with Crippen molar-refractivity contribution in [3.05, 3.63) is 101 Å². The number of imide groups is 1. The molecule has 2 amide bonds. The second-order valence-corrected chi connectivity index (χ2v) is 7.88. The van der Waals surface area contributed by atoms with Gasteiger partial charge in [0.15, 0.2) is 12.4 Å². The Morgan fingerprint density at radius 1 is 0.879 bits per heavy atom. The summed E-state index contributed by atoms with van der Waals surface area (Å²) in [6, 6.07) is 20.7. The predicted molar refractivity (Wildman–Crippen MR) is 121 cm³/mol. The Kier molecular flexibility index (Phi) is 5.03. The van der Waals surface area contributed by atoms with E-state index in [1.165, 1.54) is 10.7 Å². The Bertz CT molecular complexity index is 1430. The van der Waals surface area contributed by atoms with E-state index in [4.69, 9.17) is 11.6 Å². The van der Waals surface area contributed by atoms with Crippen molar-refractivity contribution in [2.45, 2.75) is 6.92 Å². The number of nitrogens with zero attached hydrogens (tertiary/aromatic N) is 4. The van der Waals surface area contributed by atoms with E-state index in [9.17, 15) is 14.7 Å². The van der Waals surface area contributed by atoms with Crippen LogP contribution in [0.4, 0.5) is 5.69 Å². The molecule has 0 spiro atoms. The number of hydrogen-bond donors (Lipinski definition) is 0. The van der Waals surface area contributed by atoms with Gasteiger partial charge < -0.3 is 5.11 Å². The summed E-state index contributed by atoms with van der Waals surface area (Å²) in [5.41, 5.74) is 1.40. The molecule has 0 aliphatic carbocycles. The summed E-state index contributed by atoms with van der Waals surface area (Å²) in [7, 11) is 0. The number of aromatic nitrogens is 3. The third kappa shape index (κ3) is 3.39. The van der Waals surface area contributed by atoms with Gasteiger partial charge in [-0.1, -0.05) is 41.9 Å². The number of carbonyl (C=O) groups excluding carboxylic acids is 2. The Balaban J connectivity index is 1.75. The molecule has 2 aromatic heterocycles. The largest absolute Gasteiger partial charge is 0.858 e. The monoisotopic (exact) mass is 456 g/mol. The van der Waals surface area contributed by atoms with Gasteiger partial charge in [0.2, 0.25) is 0 Å². The highest BCUT2D eigenvalue weighted by Gasteiger charge is 2.47. The van der Waals surface area contributed by atoms with Gasteiger partial charge in [0, 0.05) is 22.7 Å². The molecule has 0 bridgehead atoms. The molecular weight excluding hydrogens is 440 g/mol. The first-order valence-electron chi connectivity index (χ1n) is 10.1. The van der Waals surface area contributed by atoms with Crippen molar-refractivity contribution in [1.29, 1.82) is 0 Å². The van der Waals surface area contributed by atoms with Gasteiger partial charge in [0.05, 0.1) is 17.1 Å². The second-order valence-electron chi connectivity index (χ2n) is 7.44. The lowest BCUT2D eigenvalue weighted by molar-refractivity contribution is -0.576. The fraction of sp³-hybridized carbons (Fsp3) is 0.0400. The molecule has 0 radical (unpaired) electrons. The quantitative estimate of drug-likeness (QED) is 0.349. The first-order chi connectivity index (χ1) is 16.0. The zero-order valence-corrected chi connectivity index (χ0v) is 18.2. The number of pyridine rings is 1. The summed E-state index contributed by atoms with van der Waals surface area (Å²) in [5, 5.41) is 18.2. The highest BCUT2D eigenvalue weighted by molar-refractivity contribution is 6.53. The zero-order valence-electron chi connectivity index (χ0n) is 17.5. The number of amides is 2. The molecule has 1 aliphatic rings. The van der Waals surface area contributed by atoms with E-state index in [-0.39, 0.29) is 16.8 Å². The van der Waals surface area contributed by atoms with E-state index in [2.05, 4.69) is 5.10 Å². The Morgan fingerprint density at radius 2 is 1.55 bits per heavy atom. The molecule has 0 atom stereocenters. The van der Waals surface area contributed by atoms with E-state index in [1.54, 1.807) is 84.5 Å². The van der Waals surface area contributed by atoms with Crippen LogP contribution in [0, 0.1) is 6.92 Å². The minimum Gasteiger partial charge on any atom is -0.858 e. The number of anilines is 1. The molecule has 0 saturated carbocycles. The normalized spacial score (nSPS) is 13.8. The topological polar surface area (TPSA) is 82.1 Å². The number of aryl methyl sites for hydroxylation is 1. The van der Waals surface area contributed by atoms with E-state index >= 15 is 0 Å². The van der Waals surface area contributed by atoms with E-state index in [1.807, 2.05) is 6.07 Å². The van der Waals surface area contributed by atoms with Crippen molar-refractivity contribution >= 4 is 40.4 Å². The molecule has 0 N–H and O–H groups in total. The summed E-state index contributed by atoms with van der Waals surface area (Å²) in [6.45, 7) is 1.65. The van der Waals surface area contributed by atoms with Crippen LogP contribution in [0.15, 0.2) is 85.2 Å². The molecule has 5 rings (SSSR count). The SMILES string of the molecule is Cc1nn(-c2ccccc2)c([O-])c1C1=C([n+]2ccccc2)C(=O)N(c2cccc(Cl)c2)C1=O. The average molecular weight is 457 g/mol. The third-order valence-electron chi connectivity index (χ3n) is 5.37. The summed E-state index contributed by atoms with van der Waals surface area (Å²) in [4.78, 5) is 28.3. The van der Waals surface area contributed by atoms with Crippen LogP contribution in [-0.4, -0.2) is 21.6 Å². The second kappa shape index (κ2) is 8.03. The van der Waals surface area contributed by atoms with Crippen molar-refractivity contribution in [2.24, 2.45) is 0 Å². The molecule has 33 heavy (non-hydrogen) atoms. The number of carbonyl (C=O) groups is 2. The van der Waals surface area contributed by atoms with Gasteiger partial charge in [0.1, 0.15) is 5.57 Å². The maximum atomic E-state index is 13.7. The molecule has 1 aliphatic heterocycles. The van der Waals surface area contributed by atoms with Crippen molar-refractivity contribution in [2.75, 3.05) is 4.90 Å². The first kappa shape index (κ1) is 20.7. The van der Waals surface area contributed by atoms with E-state index in [0.29, 0.717) is 22.1 Å². The lowest BCUT2D eigenvalue weighted by Gasteiger charge is -2.15. The maximum Gasteiger partial charge on any atom is 0.331 e. The van der Waals surface area contributed by atoms with Crippen LogP contribution in [0.3, 0.4) is 0 Å². The molecule has 8 heteroatoms. The highest BCUT2D eigenvalue weighted by Crippen LogP contribution is 2.38. The maximum absolute atomic E-state index is 13.7. The molecule has 0 unspecified atom stereocenters. The Labute approximate surface area is 194 Å². The molecule has 0 saturated heterocycles. The fourth-order valence-electron chi connectivity index (χ4n) is 3.92. The van der Waals surface area contributed by atoms with Crippen LogP contribution in [0.2, 0.25) is 5.02 Å². The lowest BCUT2D eigenvalue weighted by atomic mass is 10.0. The molecule has 7 nitrogen and oxygen atoms in total. The molecular formula is C25H17ClN4O3. The minimum absolute atomic E-state index is 0.000793. The molecule has 162 valence electrons. The summed E-state index contributed by atoms with van der Waals surface area (Å²) >= 11 is 6.12. The minimum atomic E-state index is -0.610. The van der Waals surface area contributed by atoms with Crippen molar-refractivity contribution in [3.8, 4) is 11.6 Å². The van der Waals surface area contributed by atoms with Gasteiger partial charge in [-0.2, -0.15) is 9.67 Å². The number of rotatable bonds is 4. The summed E-state index contributed by atoms with van der Waals surface area (Å²) < 4.78 is 2.78. The van der Waals surface area contributed by atoms with Crippen molar-refractivity contribution in [3.63, 3.8) is 0 Å². The molecule has 0 fully saturated rings. The lowest BCUT2D eigenvalue weighted by Crippen LogP contribution is -2.39. The van der Waals surface area contributed by atoms with Crippen LogP contribution in [-0.2, 0) is 9.59 Å². The molecule has 3 heterocycles. The number of benzene rings is 2. The Hall–Kier alpha value is -4.23. The average Bonchev–Trinajstić information content (AvgIpc) is 3.25. The van der Waals surface area contributed by atoms with E-state index < -0.39 is 17.7 Å². The van der Waals surface area contributed by atoms with Gasteiger partial charge in [-0.3, -0.25) is 9.59 Å². The van der Waals surface area contributed by atoms with Gasteiger partial charge in [-0.25, -0.2) is 9.58 Å². The fourth-order valence-corrected chi connectivity index (χ4v) is 4.10. The standard InChI is InChI=1S/C25H17ClN4O3/c1-16-20(24(32)30(27-16)18-10-4-2-5-11-18)21-22(28-13-6-3-7-14-28)25(33)29(23(21)31)19-12-8-9-17(26)15-19/h2-15H,1H3. The number of para-hydroxylation sites is 1. The van der Waals surface area contributed by atoms with Crippen molar-refractivity contribution < 1.29 is 19.3 Å². The molecule has 2 aromatic carbocycles. The van der Waals surface area contributed by atoms with Crippen LogP contribution in [0.5, 0.6) is 5.88 Å². The van der Waals surface area contributed by atoms with Gasteiger partial charge in [0.25, 0.3) is 11.6 Å². The number of hydrogen-bond acceptors (Lipinski definition) is 4. The van der Waals surface area contributed by atoms with Crippen LogP contribution in [0.25, 0.3) is 17.0 Å². The van der Waals surface area contributed by atoms with Crippen LogP contribution < -0.4 is 14.6 Å².